The van der Waals surface area contributed by atoms with Gasteiger partial charge in [-0.3, -0.25) is 0 Å². The second-order valence-electron chi connectivity index (χ2n) is 9.13. The third-order valence-electron chi connectivity index (χ3n) is 7.20. The molecule has 0 N–H and O–H groups in total. The number of carbonyl (C=O) groups is 1. The molecule has 0 heterocycles. The van der Waals surface area contributed by atoms with Crippen LogP contribution in [0.25, 0.3) is 0 Å². The summed E-state index contributed by atoms with van der Waals surface area (Å²) >= 11 is 4.31. The first kappa shape index (κ1) is 22.1. The van der Waals surface area contributed by atoms with Crippen LogP contribution < -0.4 is 4.74 Å². The highest BCUT2D eigenvalue weighted by atomic mass is 127. The van der Waals surface area contributed by atoms with Crippen molar-refractivity contribution in [1.82, 2.24) is 0 Å². The van der Waals surface area contributed by atoms with E-state index in [1.807, 2.05) is 12.1 Å². The summed E-state index contributed by atoms with van der Waals surface area (Å²) < 4.78 is 43.6. The Bertz CT molecular complexity index is 1130. The smallest absolute Gasteiger partial charge is 0.343 e. The first-order valence-electron chi connectivity index (χ1n) is 10.5. The van der Waals surface area contributed by atoms with Crippen molar-refractivity contribution in [2.45, 2.75) is 42.9 Å². The number of halogens is 2. The minimum Gasteiger partial charge on any atom is -0.744 e. The van der Waals surface area contributed by atoms with Gasteiger partial charge in [-0.25, -0.2) is 13.2 Å². The summed E-state index contributed by atoms with van der Waals surface area (Å²) in [6, 6.07) is 9.83. The Kier molecular flexibility index (Phi) is 5.88. The van der Waals surface area contributed by atoms with E-state index in [1.165, 1.54) is 18.6 Å². The predicted molar refractivity (Wildman–Crippen MR) is 131 cm³/mol. The fourth-order valence-electron chi connectivity index (χ4n) is 6.31. The molecule has 0 amide bonds. The minimum absolute atomic E-state index is 0.0257. The van der Waals surface area contributed by atoms with Crippen LogP contribution in [0, 0.1) is 30.8 Å². The first-order chi connectivity index (χ1) is 14.7. The third-order valence-corrected chi connectivity index (χ3v) is 9.62. The zero-order chi connectivity index (χ0) is 21.9. The molecule has 0 atom stereocenters. The summed E-state index contributed by atoms with van der Waals surface area (Å²) in [7, 11) is -4.63. The molecule has 8 heteroatoms. The molecule has 0 unspecified atom stereocenters. The monoisotopic (exact) mass is 663 g/mol. The highest BCUT2D eigenvalue weighted by Gasteiger charge is 2.49. The van der Waals surface area contributed by atoms with Crippen LogP contribution in [0.3, 0.4) is 0 Å². The van der Waals surface area contributed by atoms with Gasteiger partial charge in [-0.1, -0.05) is 0 Å². The van der Waals surface area contributed by atoms with E-state index in [4.69, 9.17) is 4.74 Å². The van der Waals surface area contributed by atoms with E-state index < -0.39 is 16.1 Å². The molecular weight excluding hydrogens is 642 g/mol. The van der Waals surface area contributed by atoms with Gasteiger partial charge in [0.05, 0.1) is 14.0 Å². The van der Waals surface area contributed by atoms with Crippen LogP contribution in [0.5, 0.6) is 5.75 Å². The maximum atomic E-state index is 12.9. The maximum absolute atomic E-state index is 12.9. The van der Waals surface area contributed by atoms with Crippen molar-refractivity contribution in [1.29, 1.82) is 0 Å². The van der Waals surface area contributed by atoms with E-state index in [1.54, 1.807) is 12.1 Å². The minimum atomic E-state index is -4.63. The summed E-state index contributed by atoms with van der Waals surface area (Å²) in [6.07, 6.45) is 5.64. The summed E-state index contributed by atoms with van der Waals surface area (Å²) in [5.74, 6) is 2.17. The molecule has 2 aromatic rings. The van der Waals surface area contributed by atoms with Gasteiger partial charge in [-0.15, -0.1) is 0 Å². The largest absolute Gasteiger partial charge is 0.744 e. The molecule has 2 aromatic carbocycles. The Morgan fingerprint density at radius 2 is 1.58 bits per heavy atom. The van der Waals surface area contributed by atoms with Gasteiger partial charge >= 0.3 is 5.97 Å². The van der Waals surface area contributed by atoms with Crippen molar-refractivity contribution in [3.05, 3.63) is 54.7 Å². The van der Waals surface area contributed by atoms with E-state index in [0.29, 0.717) is 23.1 Å². The first-order valence-corrected chi connectivity index (χ1v) is 14.0. The van der Waals surface area contributed by atoms with Crippen molar-refractivity contribution in [2.75, 3.05) is 0 Å². The predicted octanol–water partition coefficient (Wildman–Crippen LogP) is 5.56. The van der Waals surface area contributed by atoms with E-state index >= 15 is 0 Å². The highest BCUT2D eigenvalue weighted by Crippen LogP contribution is 2.60. The lowest BCUT2D eigenvalue weighted by molar-refractivity contribution is -0.00373. The lowest BCUT2D eigenvalue weighted by Crippen LogP contribution is -2.44. The van der Waals surface area contributed by atoms with Crippen LogP contribution in [-0.4, -0.2) is 18.9 Å². The van der Waals surface area contributed by atoms with Gasteiger partial charge < -0.3 is 9.29 Å². The molecule has 0 saturated heterocycles. The Morgan fingerprint density at radius 1 is 0.935 bits per heavy atom. The fourth-order valence-corrected chi connectivity index (χ4v) is 8.74. The van der Waals surface area contributed by atoms with Crippen LogP contribution in [0.4, 0.5) is 0 Å². The molecule has 6 rings (SSSR count). The van der Waals surface area contributed by atoms with Gasteiger partial charge in [0, 0.05) is 3.57 Å². The summed E-state index contributed by atoms with van der Waals surface area (Å²) in [5.41, 5.74) is 0.807. The third kappa shape index (κ3) is 4.29. The Morgan fingerprint density at radius 3 is 2.16 bits per heavy atom. The van der Waals surface area contributed by atoms with Gasteiger partial charge in [0.1, 0.15) is 15.9 Å². The maximum Gasteiger partial charge on any atom is 0.343 e. The van der Waals surface area contributed by atoms with Crippen LogP contribution >= 0.6 is 45.2 Å². The van der Waals surface area contributed by atoms with Crippen molar-refractivity contribution in [3.63, 3.8) is 0 Å². The molecular formula is C23H21I2O5S-. The molecule has 4 bridgehead atoms. The van der Waals surface area contributed by atoms with Crippen LogP contribution in [-0.2, 0) is 10.1 Å². The molecule has 4 fully saturated rings. The average Bonchev–Trinajstić information content (AvgIpc) is 2.68. The van der Waals surface area contributed by atoms with Gasteiger partial charge in [-0.2, -0.15) is 0 Å². The van der Waals surface area contributed by atoms with E-state index in [0.717, 1.165) is 44.7 Å². The molecule has 0 aromatic heterocycles. The Balaban J connectivity index is 1.51. The summed E-state index contributed by atoms with van der Waals surface area (Å²) in [6.45, 7) is 0. The molecule has 4 aliphatic rings. The lowest BCUT2D eigenvalue weighted by atomic mass is 9.50. The van der Waals surface area contributed by atoms with Crippen molar-refractivity contribution >= 4 is 61.3 Å². The molecule has 164 valence electrons. The van der Waals surface area contributed by atoms with Crippen LogP contribution in [0.15, 0.2) is 41.3 Å². The molecule has 0 aliphatic heterocycles. The van der Waals surface area contributed by atoms with Crippen LogP contribution in [0.1, 0.15) is 53.9 Å². The van der Waals surface area contributed by atoms with Crippen LogP contribution in [0.2, 0.25) is 0 Å². The van der Waals surface area contributed by atoms with Gasteiger partial charge in [0.25, 0.3) is 0 Å². The highest BCUT2D eigenvalue weighted by molar-refractivity contribution is 14.1. The average molecular weight is 663 g/mol. The molecule has 0 spiro atoms. The Labute approximate surface area is 209 Å². The number of ether oxygens (including phenoxy) is 1. The molecule has 4 aliphatic carbocycles. The summed E-state index contributed by atoms with van der Waals surface area (Å²) in [4.78, 5) is 12.7. The Hall–Kier alpha value is -0.720. The van der Waals surface area contributed by atoms with Gasteiger partial charge in [-0.05, 0) is 149 Å². The van der Waals surface area contributed by atoms with E-state index in [-0.39, 0.29) is 16.4 Å². The van der Waals surface area contributed by atoms with Crippen molar-refractivity contribution in [2.24, 2.45) is 23.7 Å². The van der Waals surface area contributed by atoms with E-state index in [9.17, 15) is 17.8 Å². The van der Waals surface area contributed by atoms with Crippen molar-refractivity contribution in [3.8, 4) is 5.75 Å². The summed E-state index contributed by atoms with van der Waals surface area (Å²) in [5, 5.41) is 0. The number of esters is 1. The molecule has 31 heavy (non-hydrogen) atoms. The molecule has 4 saturated carbocycles. The quantitative estimate of drug-likeness (QED) is 0.185. The topological polar surface area (TPSA) is 83.5 Å². The number of rotatable bonds is 4. The van der Waals surface area contributed by atoms with Gasteiger partial charge in [0.15, 0.2) is 0 Å². The fraction of sp³-hybridized carbons (Fsp3) is 0.435. The number of hydrogen-bond acceptors (Lipinski definition) is 5. The molecule has 5 nitrogen and oxygen atoms in total. The SMILES string of the molecule is O=C(Oc1ccc(I)cc1I)c1ccc(S(=O)(=O)[O-])c(C2C3CC4CC(C3)CC2C4)c1. The second-order valence-corrected chi connectivity index (χ2v) is 12.9. The van der Waals surface area contributed by atoms with Gasteiger partial charge in [0.2, 0.25) is 0 Å². The molecule has 0 radical (unpaired) electrons. The number of benzene rings is 2. The number of carbonyl (C=O) groups excluding carboxylic acids is 1. The normalized spacial score (nSPS) is 29.2. The standard InChI is InChI=1S/C23H22I2O5S/c24-17-2-3-20(19(25)11-17)30-23(26)14-1-4-21(31(27,28)29)18(10-14)22-15-6-12-5-13(8-15)9-16(22)7-12/h1-4,10-13,15-16,22H,5-9H2,(H,27,28,29)/p-1. The zero-order valence-electron chi connectivity index (χ0n) is 16.6. The zero-order valence-corrected chi connectivity index (χ0v) is 21.7. The lowest BCUT2D eigenvalue weighted by Gasteiger charge is -2.55. The van der Waals surface area contributed by atoms with E-state index in [2.05, 4.69) is 45.2 Å². The van der Waals surface area contributed by atoms with Crippen molar-refractivity contribution < 1.29 is 22.5 Å². The second kappa shape index (κ2) is 8.25. The number of hydrogen-bond donors (Lipinski definition) is 0.